The minimum Gasteiger partial charge on any atom is -0.456 e. The van der Waals surface area contributed by atoms with Crippen molar-refractivity contribution in [3.05, 3.63) is 188 Å². The Morgan fingerprint density at radius 2 is 0.782 bits per heavy atom. The Labute approximate surface area is 324 Å². The second kappa shape index (κ2) is 12.6. The van der Waals surface area contributed by atoms with Gasteiger partial charge in [0.05, 0.1) is 6.85 Å². The van der Waals surface area contributed by atoms with E-state index in [1.807, 2.05) is 42.5 Å². The van der Waals surface area contributed by atoms with E-state index in [-0.39, 0.29) is 29.7 Å². The fourth-order valence-corrected chi connectivity index (χ4v) is 7.71. The third-order valence-corrected chi connectivity index (χ3v) is 10.4. The molecular formula is C51H31N3O. The molecule has 0 fully saturated rings. The van der Waals surface area contributed by atoms with Crippen LogP contribution in [-0.4, -0.2) is 15.0 Å². The van der Waals surface area contributed by atoms with Gasteiger partial charge in [-0.25, -0.2) is 15.0 Å². The summed E-state index contributed by atoms with van der Waals surface area (Å²) in [6.45, 7) is 0. The molecule has 11 aromatic rings. The number of furan rings is 1. The van der Waals surface area contributed by atoms with Crippen LogP contribution in [0.15, 0.2) is 192 Å². The van der Waals surface area contributed by atoms with Gasteiger partial charge in [-0.2, -0.15) is 0 Å². The summed E-state index contributed by atoms with van der Waals surface area (Å²) >= 11 is 0. The summed E-state index contributed by atoms with van der Waals surface area (Å²) in [6, 6.07) is 51.4. The Hall–Kier alpha value is -7.43. The predicted octanol–water partition coefficient (Wildman–Crippen LogP) is 13.6. The highest BCUT2D eigenvalue weighted by Gasteiger charge is 2.16. The molecule has 0 saturated carbocycles. The van der Waals surface area contributed by atoms with Crippen molar-refractivity contribution in [1.82, 2.24) is 15.0 Å². The van der Waals surface area contributed by atoms with Crippen LogP contribution in [0.3, 0.4) is 0 Å². The van der Waals surface area contributed by atoms with Crippen LogP contribution in [0.4, 0.5) is 0 Å². The topological polar surface area (TPSA) is 51.8 Å². The van der Waals surface area contributed by atoms with Crippen LogP contribution in [-0.2, 0) is 0 Å². The Bertz CT molecular complexity index is 3490. The SMILES string of the molecule is [2H]c1c([2H])c([2H])c(-c2ccc(-c3nc(-c4ccccc4)nc(-c4ccc5oc6cc(-c7ccc8c9ccccc9c9ccccc9c8c7)ccc6c5c4)n3)cc2)c([2H])c1[2H]. The van der Waals surface area contributed by atoms with Gasteiger partial charge in [-0.1, -0.05) is 152 Å². The van der Waals surface area contributed by atoms with Crippen molar-refractivity contribution in [2.75, 3.05) is 0 Å². The molecule has 4 heteroatoms. The molecule has 0 N–H and O–H groups in total. The molecule has 2 heterocycles. The fourth-order valence-electron chi connectivity index (χ4n) is 7.71. The molecule has 9 aromatic carbocycles. The smallest absolute Gasteiger partial charge is 0.164 e. The molecule has 0 bridgehead atoms. The van der Waals surface area contributed by atoms with Crippen LogP contribution in [0.25, 0.3) is 111 Å². The Kier molecular flexibility index (Phi) is 6.04. The Balaban J connectivity index is 0.994. The highest BCUT2D eigenvalue weighted by atomic mass is 16.3. The van der Waals surface area contributed by atoms with Gasteiger partial charge >= 0.3 is 0 Å². The lowest BCUT2D eigenvalue weighted by Crippen LogP contribution is -2.00. The summed E-state index contributed by atoms with van der Waals surface area (Å²) in [6.07, 6.45) is 0. The van der Waals surface area contributed by atoms with Gasteiger partial charge in [-0.15, -0.1) is 0 Å². The molecule has 0 saturated heterocycles. The summed E-state index contributed by atoms with van der Waals surface area (Å²) in [5, 5.41) is 9.34. The molecule has 11 rings (SSSR count). The zero-order valence-electron chi connectivity index (χ0n) is 34.3. The lowest BCUT2D eigenvalue weighted by Gasteiger charge is -2.12. The molecule has 0 unspecified atom stereocenters. The van der Waals surface area contributed by atoms with Crippen molar-refractivity contribution in [2.24, 2.45) is 0 Å². The summed E-state index contributed by atoms with van der Waals surface area (Å²) in [4.78, 5) is 14.8. The number of aromatic nitrogens is 3. The average molecular weight is 707 g/mol. The molecule has 0 aliphatic carbocycles. The zero-order valence-corrected chi connectivity index (χ0v) is 29.3. The fraction of sp³-hybridized carbons (Fsp3) is 0. The van der Waals surface area contributed by atoms with E-state index in [1.54, 1.807) is 24.3 Å². The Morgan fingerprint density at radius 1 is 0.309 bits per heavy atom. The van der Waals surface area contributed by atoms with E-state index >= 15 is 0 Å². The summed E-state index contributed by atoms with van der Waals surface area (Å²) < 4.78 is 47.6. The number of hydrogen-bond acceptors (Lipinski definition) is 4. The van der Waals surface area contributed by atoms with Gasteiger partial charge in [-0.05, 0) is 91.0 Å². The minimum atomic E-state index is -0.424. The number of fused-ring (bicyclic) bond motifs is 9. The lowest BCUT2D eigenvalue weighted by molar-refractivity contribution is 0.669. The Morgan fingerprint density at radius 3 is 1.45 bits per heavy atom. The average Bonchev–Trinajstić information content (AvgIpc) is 3.68. The summed E-state index contributed by atoms with van der Waals surface area (Å²) in [5.41, 5.74) is 6.65. The van der Waals surface area contributed by atoms with Crippen molar-refractivity contribution in [1.29, 1.82) is 0 Å². The molecule has 0 radical (unpaired) electrons. The molecular weight excluding hydrogens is 671 g/mol. The van der Waals surface area contributed by atoms with Crippen molar-refractivity contribution in [3.8, 4) is 56.4 Å². The molecule has 0 atom stereocenters. The summed E-state index contributed by atoms with van der Waals surface area (Å²) in [7, 11) is 0. The molecule has 4 nitrogen and oxygen atoms in total. The van der Waals surface area contributed by atoms with Crippen molar-refractivity contribution < 1.29 is 11.3 Å². The van der Waals surface area contributed by atoms with Crippen LogP contribution >= 0.6 is 0 Å². The first-order valence-electron chi connectivity index (χ1n) is 20.6. The molecule has 256 valence electrons. The quantitative estimate of drug-likeness (QED) is 0.167. The first kappa shape index (κ1) is 26.4. The maximum absolute atomic E-state index is 8.44. The van der Waals surface area contributed by atoms with Crippen LogP contribution in [0.2, 0.25) is 0 Å². The number of nitrogens with zero attached hydrogens (tertiary/aromatic N) is 3. The van der Waals surface area contributed by atoms with E-state index in [9.17, 15) is 0 Å². The van der Waals surface area contributed by atoms with Gasteiger partial charge in [0.15, 0.2) is 17.5 Å². The first-order valence-corrected chi connectivity index (χ1v) is 18.1. The van der Waals surface area contributed by atoms with E-state index in [0.29, 0.717) is 28.6 Å². The van der Waals surface area contributed by atoms with Gasteiger partial charge in [0, 0.05) is 27.5 Å². The van der Waals surface area contributed by atoms with E-state index in [4.69, 9.17) is 26.2 Å². The molecule has 0 spiro atoms. The van der Waals surface area contributed by atoms with Crippen LogP contribution in [0, 0.1) is 0 Å². The number of hydrogen-bond donors (Lipinski definition) is 0. The molecule has 0 amide bonds. The molecule has 55 heavy (non-hydrogen) atoms. The zero-order chi connectivity index (χ0) is 40.6. The van der Waals surface area contributed by atoms with Crippen LogP contribution in [0.1, 0.15) is 6.85 Å². The van der Waals surface area contributed by atoms with E-state index < -0.39 is 6.04 Å². The first-order chi connectivity index (χ1) is 29.3. The van der Waals surface area contributed by atoms with Gasteiger partial charge in [0.2, 0.25) is 0 Å². The maximum Gasteiger partial charge on any atom is 0.164 e. The lowest BCUT2D eigenvalue weighted by atomic mass is 9.92. The number of rotatable bonds is 5. The highest BCUT2D eigenvalue weighted by molar-refractivity contribution is 6.25. The maximum atomic E-state index is 8.44. The van der Waals surface area contributed by atoms with Crippen LogP contribution in [0.5, 0.6) is 0 Å². The van der Waals surface area contributed by atoms with Crippen molar-refractivity contribution in [2.45, 2.75) is 0 Å². The largest absolute Gasteiger partial charge is 0.456 e. The highest BCUT2D eigenvalue weighted by Crippen LogP contribution is 2.39. The van der Waals surface area contributed by atoms with E-state index in [1.165, 1.54) is 32.3 Å². The predicted molar refractivity (Wildman–Crippen MR) is 227 cm³/mol. The second-order valence-corrected chi connectivity index (χ2v) is 13.6. The van der Waals surface area contributed by atoms with E-state index in [0.717, 1.165) is 44.2 Å². The third kappa shape index (κ3) is 5.34. The molecule has 0 aliphatic rings. The van der Waals surface area contributed by atoms with Crippen molar-refractivity contribution >= 4 is 54.3 Å². The minimum absolute atomic E-state index is 0.140. The molecule has 0 aliphatic heterocycles. The van der Waals surface area contributed by atoms with Crippen molar-refractivity contribution in [3.63, 3.8) is 0 Å². The van der Waals surface area contributed by atoms with Gasteiger partial charge in [0.1, 0.15) is 11.2 Å². The van der Waals surface area contributed by atoms with Gasteiger partial charge < -0.3 is 4.42 Å². The standard InChI is InChI=1S/C51H31N3O/c1-3-11-32(12-4-1)33-19-21-35(22-20-33)50-52-49(34-13-5-2-6-14-34)53-51(54-50)38-25-28-47-46(30-38)44-27-24-37(31-48(44)55-47)36-23-26-43-41-17-8-7-15-39(41)40-16-9-10-18-42(40)45(43)29-36/h1-31H/i1D,3D,4D,11D,12D. The monoisotopic (exact) mass is 706 g/mol. The van der Waals surface area contributed by atoms with Gasteiger partial charge in [-0.3, -0.25) is 0 Å². The molecule has 2 aromatic heterocycles. The second-order valence-electron chi connectivity index (χ2n) is 13.6. The number of benzene rings is 9. The summed E-state index contributed by atoms with van der Waals surface area (Å²) in [5.74, 6) is 1.42. The van der Waals surface area contributed by atoms with E-state index in [2.05, 4.69) is 91.0 Å². The van der Waals surface area contributed by atoms with Gasteiger partial charge in [0.25, 0.3) is 0 Å². The van der Waals surface area contributed by atoms with Crippen LogP contribution < -0.4 is 0 Å². The normalized spacial score (nSPS) is 12.9. The third-order valence-electron chi connectivity index (χ3n) is 10.4.